The van der Waals surface area contributed by atoms with E-state index in [1.54, 1.807) is 6.92 Å². The lowest BCUT2D eigenvalue weighted by Crippen LogP contribution is -2.43. The molecular weight excluding hydrogens is 1970 g/mol. The van der Waals surface area contributed by atoms with E-state index in [-0.39, 0.29) is 288 Å². The zero-order valence-corrected chi connectivity index (χ0v) is 83.5. The van der Waals surface area contributed by atoms with Crippen LogP contribution in [0, 0.1) is 124 Å². The van der Waals surface area contributed by atoms with Gasteiger partial charge >= 0.3 is 0 Å². The molecule has 149 heavy (non-hydrogen) atoms. The SMILES string of the molecule is Cc1c(C(=O)C(=O)NC/C(=C/NCCOCCOCC(COCCOCCN/C=C(/CNC(=O)C(=O)c2c(C)c(C(=O)Nc3ccc(F)c(F)c3)n(C)c2C)N=N)(COCCOCCN/C=C(/CNC(O)C(=O)c2c(C)c(C(=O)Nc3ccc(F)c(F)c3)n(C)c2C)N=N)COCCOCCn2cc(CNC(=O)C(=O)c3c(C)c(C(=O)Nc4ccc(F)c(F)c4)n(C)c3C)nn2)N=N)c(C)n(C)c1C(=O)Nc1ccc(F)c(F)c1. The van der Waals surface area contributed by atoms with Crippen LogP contribution in [0.15, 0.2) is 130 Å². The zero-order valence-electron chi connectivity index (χ0n) is 83.5. The predicted molar refractivity (Wildman–Crippen MR) is 519 cm³/mol. The van der Waals surface area contributed by atoms with Crippen LogP contribution in [0.5, 0.6) is 0 Å². The Kier molecular flexibility index (Phi) is 44.4. The predicted octanol–water partition coefficient (Wildman–Crippen LogP) is 9.01. The fourth-order valence-electron chi connectivity index (χ4n) is 15.4. The fourth-order valence-corrected chi connectivity index (χ4v) is 15.4. The summed E-state index contributed by atoms with van der Waals surface area (Å²) in [5, 5.41) is 58.3. The van der Waals surface area contributed by atoms with Gasteiger partial charge in [-0.2, -0.15) is 15.3 Å². The van der Waals surface area contributed by atoms with E-state index in [1.807, 2.05) is 0 Å². The molecule has 5 aromatic heterocycles. The molecule has 0 fully saturated rings. The van der Waals surface area contributed by atoms with Crippen molar-refractivity contribution in [2.75, 3.05) is 166 Å². The number of ketones is 4. The van der Waals surface area contributed by atoms with Gasteiger partial charge in [0.2, 0.25) is 5.78 Å². The highest BCUT2D eigenvalue weighted by Crippen LogP contribution is 2.31. The van der Waals surface area contributed by atoms with Crippen LogP contribution in [0.4, 0.5) is 57.9 Å². The highest BCUT2D eigenvalue weighted by Gasteiger charge is 2.37. The summed E-state index contributed by atoms with van der Waals surface area (Å²) >= 11 is 0. The molecule has 0 saturated heterocycles. The summed E-state index contributed by atoms with van der Waals surface area (Å²) in [4.78, 5) is 148. The van der Waals surface area contributed by atoms with Crippen molar-refractivity contribution in [1.82, 2.24) is 70.5 Å². The van der Waals surface area contributed by atoms with Crippen LogP contribution in [0.3, 0.4) is 0 Å². The summed E-state index contributed by atoms with van der Waals surface area (Å²) < 4.78 is 166. The second-order valence-electron chi connectivity index (χ2n) is 33.7. The van der Waals surface area contributed by atoms with Crippen molar-refractivity contribution in [2.24, 2.45) is 48.9 Å². The van der Waals surface area contributed by atoms with Gasteiger partial charge in [-0.25, -0.2) is 56.4 Å². The number of nitrogens with one attached hydrogen (secondary N) is 14. The summed E-state index contributed by atoms with van der Waals surface area (Å²) in [5.41, 5.74) is 23.7. The van der Waals surface area contributed by atoms with E-state index in [2.05, 4.69) is 84.1 Å². The Morgan fingerprint density at radius 2 is 0.664 bits per heavy atom. The average Bonchev–Trinajstić information content (AvgIpc) is 1.64. The Morgan fingerprint density at radius 3 is 0.973 bits per heavy atom. The molecule has 5 heterocycles. The topological polar surface area (TPSA) is 573 Å². The summed E-state index contributed by atoms with van der Waals surface area (Å²) in [7, 11) is 5.98. The first kappa shape index (κ1) is 117. The number of aliphatic hydroxyl groups excluding tert-OH is 1. The quantitative estimate of drug-likeness (QED) is 0.00422. The van der Waals surface area contributed by atoms with Gasteiger partial charge in [0.05, 0.1) is 177 Å². The van der Waals surface area contributed by atoms with Gasteiger partial charge in [-0.05, 0) is 126 Å². The van der Waals surface area contributed by atoms with Crippen LogP contribution >= 0.6 is 0 Å². The van der Waals surface area contributed by atoms with Crippen molar-refractivity contribution < 1.29 is 131 Å². The van der Waals surface area contributed by atoms with Crippen LogP contribution in [0.1, 0.15) is 134 Å². The van der Waals surface area contributed by atoms with Crippen molar-refractivity contribution in [3.8, 4) is 0 Å². The number of hydrogen-bond acceptors (Lipinski definition) is 32. The third-order valence-electron chi connectivity index (χ3n) is 23.4. The second kappa shape index (κ2) is 56.5. The number of carbonyl (C=O) groups is 11. The highest BCUT2D eigenvalue weighted by atomic mass is 19.2. The van der Waals surface area contributed by atoms with Crippen LogP contribution in [0.25, 0.3) is 0 Å². The van der Waals surface area contributed by atoms with Crippen molar-refractivity contribution in [1.29, 1.82) is 16.6 Å². The fraction of sp³-hybridized carbons (Fsp3) is 0.392. The van der Waals surface area contributed by atoms with Crippen LogP contribution in [-0.2, 0) is 93.6 Å². The van der Waals surface area contributed by atoms with E-state index >= 15 is 0 Å². The Labute approximate surface area is 848 Å². The second-order valence-corrected chi connectivity index (χ2v) is 33.7. The molecule has 4 aromatic carbocycles. The van der Waals surface area contributed by atoms with Crippen molar-refractivity contribution in [3.63, 3.8) is 0 Å². The van der Waals surface area contributed by atoms with Crippen LogP contribution < -0.4 is 58.5 Å². The zero-order chi connectivity index (χ0) is 109. The van der Waals surface area contributed by atoms with Crippen molar-refractivity contribution >= 4 is 87.2 Å². The molecule has 9 aromatic rings. The third-order valence-corrected chi connectivity index (χ3v) is 23.4. The molecular formula is C97H116F8N24O20. The van der Waals surface area contributed by atoms with Gasteiger partial charge in [0.15, 0.2) is 52.8 Å². The third kappa shape index (κ3) is 32.0. The molecule has 44 nitrogen and oxygen atoms in total. The van der Waals surface area contributed by atoms with Gasteiger partial charge < -0.3 is 114 Å². The molecule has 0 aliphatic carbocycles. The molecule has 9 rings (SSSR count). The number of halogens is 8. The van der Waals surface area contributed by atoms with Gasteiger partial charge in [0.1, 0.15) is 28.5 Å². The number of anilines is 4. The normalized spacial score (nSPS) is 12.3. The number of hydrogen-bond donors (Lipinski definition) is 15. The lowest BCUT2D eigenvalue weighted by molar-refractivity contribution is -0.121. The molecule has 0 saturated carbocycles. The van der Waals surface area contributed by atoms with E-state index in [0.29, 0.717) is 5.69 Å². The number of Topliss-reactive ketones (excluding diaryl/α,β-unsaturated/α-hetero) is 4. The lowest BCUT2D eigenvalue weighted by atomic mass is 9.92. The van der Waals surface area contributed by atoms with Gasteiger partial charge in [-0.1, -0.05) is 5.21 Å². The Morgan fingerprint density at radius 1 is 0.383 bits per heavy atom. The van der Waals surface area contributed by atoms with E-state index in [1.165, 1.54) is 124 Å². The number of nitrogens with zero attached hydrogens (tertiary/aromatic N) is 10. The first-order chi connectivity index (χ1) is 71.1. The minimum absolute atomic E-state index is 0.00153. The number of benzene rings is 4. The van der Waals surface area contributed by atoms with Gasteiger partial charge in [-0.15, -0.1) is 5.10 Å². The first-order valence-corrected chi connectivity index (χ1v) is 46.1. The van der Waals surface area contributed by atoms with Crippen LogP contribution in [-0.4, -0.2) is 254 Å². The maximum atomic E-state index is 14.0. The van der Waals surface area contributed by atoms with Gasteiger partial charge in [0, 0.05) is 148 Å². The molecule has 7 amide bonds. The molecule has 0 aliphatic rings. The number of aromatic nitrogens is 7. The summed E-state index contributed by atoms with van der Waals surface area (Å²) in [6, 6.07) is 11.1. The molecule has 800 valence electrons. The van der Waals surface area contributed by atoms with Crippen molar-refractivity contribution in [3.05, 3.63) is 257 Å². The maximum Gasteiger partial charge on any atom is 0.292 e. The molecule has 0 spiro atoms. The summed E-state index contributed by atoms with van der Waals surface area (Å²) in [5.74, 6) is -19.2. The van der Waals surface area contributed by atoms with Crippen molar-refractivity contribution in [2.45, 2.75) is 74.7 Å². The number of rotatable bonds is 63. The van der Waals surface area contributed by atoms with E-state index in [0.717, 1.165) is 72.8 Å². The molecule has 0 radical (unpaired) electrons. The Bertz CT molecular complexity index is 6340. The molecule has 1 atom stereocenters. The molecule has 15 N–H and O–H groups in total. The summed E-state index contributed by atoms with van der Waals surface area (Å²) in [6.07, 6.45) is 3.69. The Balaban J connectivity index is 0.808. The number of carbonyl (C=O) groups excluding carboxylic acids is 11. The molecule has 1 unspecified atom stereocenters. The van der Waals surface area contributed by atoms with E-state index < -0.39 is 123 Å². The standard InChI is InChI=1S/C97H116F8N24O20/c1-53-77(57(5)125(9)81(53)89(134)116-61-13-17-69(98)73(102)37-61)85(130)93(138)112-44-65(120-106)41-109-21-25-142-29-33-146-49-97(50-147-34-30-143-26-22-110-42-66(121-107)45-113-94(139)86(131)78-54(2)82(126(10)58(78)6)90(135)117-62-14-18-70(99)74(103)38-62,51-148-35-31-144-27-23-111-43-67(122-108)46-114-95(140)87(132)79-55(3)83(127(11)59(79)7)91(136)118-63-15-19-71(100)75(104)39-63)52-149-36-32-145-28-24-129-48-68(123-124-129)47-115-96(141)88(133)80-56(4)84(128(12)60(80)8)92(137)119-64-16-20-72(101)76(105)40-64/h13-20,37-43,48,93,106-112,138H,21-36,44-47,49-52H2,1-12H3,(H,113,139)(H,114,140)(H,115,141)(H,116,134)(H,117,135)(H,118,136)(H,119,137)/b65-41-,66-42-,67-43-,120-106?,121-107?,122-108?. The average molecular weight is 2090 g/mol. The summed E-state index contributed by atoms with van der Waals surface area (Å²) in [6.45, 7) is 11.4. The molecule has 0 aliphatic heterocycles. The van der Waals surface area contributed by atoms with Crippen LogP contribution in [0.2, 0.25) is 0 Å². The number of ether oxygens (including phenoxy) is 8. The van der Waals surface area contributed by atoms with Gasteiger partial charge in [0.25, 0.3) is 58.7 Å². The highest BCUT2D eigenvalue weighted by molar-refractivity contribution is 6.45. The van der Waals surface area contributed by atoms with Gasteiger partial charge in [-0.3, -0.25) is 58.1 Å². The molecule has 52 heteroatoms. The lowest BCUT2D eigenvalue weighted by Gasteiger charge is -2.33. The monoisotopic (exact) mass is 2090 g/mol. The molecule has 0 bridgehead atoms. The number of aliphatic hydroxyl groups is 1. The Hall–Kier alpha value is -15.4. The van der Waals surface area contributed by atoms with E-state index in [4.69, 9.17) is 54.5 Å². The first-order valence-electron chi connectivity index (χ1n) is 46.1. The minimum atomic E-state index is -1.84. The minimum Gasteiger partial charge on any atom is -0.387 e. The smallest absolute Gasteiger partial charge is 0.292 e. The largest absolute Gasteiger partial charge is 0.387 e. The van der Waals surface area contributed by atoms with E-state index in [9.17, 15) is 93.0 Å². The number of amides is 7. The maximum absolute atomic E-state index is 14.0.